The zero-order valence-electron chi connectivity index (χ0n) is 30.3. The van der Waals surface area contributed by atoms with Gasteiger partial charge in [-0.2, -0.15) is 10.1 Å². The predicted molar refractivity (Wildman–Crippen MR) is 204 cm³/mol. The number of rotatable bonds is 7. The molecule has 0 aliphatic carbocycles. The first-order valence-electron chi connectivity index (χ1n) is 17.2. The Bertz CT molecular complexity index is 1570. The quantitative estimate of drug-likeness (QED) is 0.239. The lowest BCUT2D eigenvalue weighted by Gasteiger charge is -2.38. The van der Waals surface area contributed by atoms with Crippen LogP contribution in [0.1, 0.15) is 78.9 Å². The number of fused-ring (bicyclic) bond motifs is 1. The number of guanidine groups is 2. The van der Waals surface area contributed by atoms with E-state index >= 15 is 0 Å². The first kappa shape index (κ1) is 39.5. The van der Waals surface area contributed by atoms with E-state index in [-0.39, 0.29) is 12.5 Å². The van der Waals surface area contributed by atoms with E-state index in [0.717, 1.165) is 71.9 Å². The maximum atomic E-state index is 8.58. The summed E-state index contributed by atoms with van der Waals surface area (Å²) in [5, 5.41) is 9.58. The average molecular weight is 656 g/mol. The third-order valence-corrected chi connectivity index (χ3v) is 7.73. The minimum Gasteiger partial charge on any atom is -0.372 e. The van der Waals surface area contributed by atoms with E-state index in [1.54, 1.807) is 0 Å². The third-order valence-electron chi connectivity index (χ3n) is 7.73. The molecule has 2 aliphatic rings. The topological polar surface area (TPSA) is 130 Å². The summed E-state index contributed by atoms with van der Waals surface area (Å²) >= 11 is 0. The Kier molecular flexibility index (Phi) is 16.9. The summed E-state index contributed by atoms with van der Waals surface area (Å²) in [7, 11) is 2.01. The van der Waals surface area contributed by atoms with Gasteiger partial charge in [0.1, 0.15) is 5.82 Å². The first-order chi connectivity index (χ1) is 23.3. The summed E-state index contributed by atoms with van der Waals surface area (Å²) in [5.74, 6) is 2.74. The van der Waals surface area contributed by atoms with Gasteiger partial charge in [-0.1, -0.05) is 97.5 Å². The standard InChI is InChI=1S/C33H42N8.2C2H6.CH3NO/c1-6-8-11-24-14-15-29-26(20-24)22-41(38-29)30-13-10-9-12-25(30)21-35-32-37-33(40-18-16-27(34)17-19-40)36-31(39(32)5)28(7-2)23(3)4;2*1-2;2-1-3/h7-15,20,22-23,27H,2,6,16-19,21,34H2,1,3-5H3,(H,35,36,37);2*1-2H3;1H,(H2,2,3)/b11-8+,31-28+;;;. The number of piperidine rings is 1. The second kappa shape index (κ2) is 20.5. The first-order valence-corrected chi connectivity index (χ1v) is 17.2. The molecular weight excluding hydrogens is 598 g/mol. The smallest absolute Gasteiger partial charge is 0.229 e. The number of nitrogens with two attached hydrogens (primary N) is 2. The molecule has 10 heteroatoms. The Morgan fingerprint density at radius 1 is 1.12 bits per heavy atom. The van der Waals surface area contributed by atoms with Gasteiger partial charge in [-0.3, -0.25) is 9.69 Å². The van der Waals surface area contributed by atoms with Gasteiger partial charge in [0.05, 0.1) is 17.7 Å². The Labute approximate surface area is 288 Å². The highest BCUT2D eigenvalue weighted by Crippen LogP contribution is 2.24. The molecule has 1 amide bonds. The Balaban J connectivity index is 0.00000106. The van der Waals surface area contributed by atoms with Crippen LogP contribution in [0, 0.1) is 5.92 Å². The van der Waals surface area contributed by atoms with E-state index < -0.39 is 0 Å². The molecule has 0 radical (unpaired) electrons. The van der Waals surface area contributed by atoms with E-state index in [2.05, 4.69) is 92.0 Å². The largest absolute Gasteiger partial charge is 0.372 e. The molecule has 3 aromatic rings. The Morgan fingerprint density at radius 3 is 2.42 bits per heavy atom. The number of benzene rings is 2. The number of primary amides is 1. The molecule has 260 valence electrons. The molecule has 10 nitrogen and oxygen atoms in total. The molecule has 48 heavy (non-hydrogen) atoms. The van der Waals surface area contributed by atoms with Gasteiger partial charge in [-0.25, -0.2) is 9.67 Å². The zero-order chi connectivity index (χ0) is 35.6. The summed E-state index contributed by atoms with van der Waals surface area (Å²) in [5.41, 5.74) is 15.7. The lowest BCUT2D eigenvalue weighted by atomic mass is 10.0. The Hall–Kier alpha value is -4.70. The second-order valence-electron chi connectivity index (χ2n) is 11.2. The number of allylic oxidation sites excluding steroid dienone is 3. The third kappa shape index (κ3) is 10.4. The summed E-state index contributed by atoms with van der Waals surface area (Å²) in [4.78, 5) is 22.9. The maximum Gasteiger partial charge on any atom is 0.229 e. The fourth-order valence-corrected chi connectivity index (χ4v) is 5.31. The van der Waals surface area contributed by atoms with E-state index in [0.29, 0.717) is 18.4 Å². The van der Waals surface area contributed by atoms with Crippen LogP contribution in [-0.4, -0.2) is 64.1 Å². The number of carbonyl (C=O) groups is 1. The van der Waals surface area contributed by atoms with Crippen LogP contribution in [-0.2, 0) is 11.3 Å². The summed E-state index contributed by atoms with van der Waals surface area (Å²) < 4.78 is 1.96. The highest BCUT2D eigenvalue weighted by molar-refractivity contribution is 5.99. The highest BCUT2D eigenvalue weighted by atomic mass is 16.1. The molecule has 1 fully saturated rings. The minimum atomic E-state index is 0.246. The summed E-state index contributed by atoms with van der Waals surface area (Å²) in [6, 6.07) is 14.9. The number of likely N-dealkylation sites (tertiary alicyclic amines) is 1. The molecule has 0 unspecified atom stereocenters. The van der Waals surface area contributed by atoms with Crippen LogP contribution in [0.25, 0.3) is 22.7 Å². The molecule has 5 rings (SSSR count). The van der Waals surface area contributed by atoms with Crippen molar-refractivity contribution >= 4 is 35.3 Å². The molecule has 3 heterocycles. The van der Waals surface area contributed by atoms with Gasteiger partial charge in [0.15, 0.2) is 0 Å². The number of para-hydroxylation sites is 1. The van der Waals surface area contributed by atoms with Crippen molar-refractivity contribution in [2.24, 2.45) is 27.4 Å². The normalized spacial score (nSPS) is 16.6. The van der Waals surface area contributed by atoms with Gasteiger partial charge >= 0.3 is 0 Å². The van der Waals surface area contributed by atoms with E-state index in [1.165, 1.54) is 5.56 Å². The van der Waals surface area contributed by atoms with Crippen LogP contribution in [0.15, 0.2) is 88.8 Å². The number of nitrogens with one attached hydrogen (secondary N) is 1. The van der Waals surface area contributed by atoms with Crippen molar-refractivity contribution in [3.63, 3.8) is 0 Å². The van der Waals surface area contributed by atoms with Gasteiger partial charge in [0.25, 0.3) is 0 Å². The number of nitrogens with zero attached hydrogens (tertiary/aromatic N) is 6. The number of amides is 1. The zero-order valence-corrected chi connectivity index (χ0v) is 30.3. The lowest BCUT2D eigenvalue weighted by Crippen LogP contribution is -2.53. The molecular formula is C38H57N9O. The van der Waals surface area contributed by atoms with Gasteiger partial charge in [-0.05, 0) is 60.1 Å². The summed E-state index contributed by atoms with van der Waals surface area (Å²) in [6.07, 6.45) is 11.5. The van der Waals surface area contributed by atoms with E-state index in [1.807, 2.05) is 62.5 Å². The van der Waals surface area contributed by atoms with Crippen molar-refractivity contribution in [1.29, 1.82) is 0 Å². The van der Waals surface area contributed by atoms with Crippen LogP contribution in [0.2, 0.25) is 0 Å². The van der Waals surface area contributed by atoms with Gasteiger partial charge in [-0.15, -0.1) is 0 Å². The number of carbonyl (C=O) groups excluding carboxylic acids is 1. The molecule has 0 atom stereocenters. The molecule has 2 aromatic carbocycles. The summed E-state index contributed by atoms with van der Waals surface area (Å²) in [6.45, 7) is 20.8. The van der Waals surface area contributed by atoms with Gasteiger partial charge in [0, 0.05) is 37.8 Å². The van der Waals surface area contributed by atoms with E-state index in [9.17, 15) is 0 Å². The number of hydrogen-bond donors (Lipinski definition) is 3. The van der Waals surface area contributed by atoms with Crippen LogP contribution in [0.3, 0.4) is 0 Å². The number of hydrogen-bond acceptors (Lipinski definition) is 6. The molecule has 1 aromatic heterocycles. The molecule has 0 bridgehead atoms. The van der Waals surface area contributed by atoms with Crippen molar-refractivity contribution < 1.29 is 4.79 Å². The van der Waals surface area contributed by atoms with Crippen LogP contribution in [0.4, 0.5) is 0 Å². The van der Waals surface area contributed by atoms with Crippen molar-refractivity contribution in [3.05, 3.63) is 89.9 Å². The van der Waals surface area contributed by atoms with E-state index in [4.69, 9.17) is 25.6 Å². The SMILES string of the molecule is C=C/C(=C1/NC(N2CCC(N)CC2)=NC(=NCc2ccccc2-n2cc3cc(/C=C/CC)ccc3n2)N1C)C(C)C.CC.CC.NC=O. The van der Waals surface area contributed by atoms with Gasteiger partial charge in [0.2, 0.25) is 18.3 Å². The maximum absolute atomic E-state index is 8.58. The fourth-order valence-electron chi connectivity index (χ4n) is 5.31. The highest BCUT2D eigenvalue weighted by Gasteiger charge is 2.28. The minimum absolute atomic E-state index is 0.246. The fraction of sp³-hybridized carbons (Fsp3) is 0.421. The number of aromatic nitrogens is 2. The van der Waals surface area contributed by atoms with Gasteiger partial charge < -0.3 is 21.7 Å². The molecule has 5 N–H and O–H groups in total. The number of aliphatic imine (C=N–C) groups is 2. The van der Waals surface area contributed by atoms with Crippen molar-refractivity contribution in [2.45, 2.75) is 80.3 Å². The van der Waals surface area contributed by atoms with Crippen LogP contribution in [0.5, 0.6) is 0 Å². The van der Waals surface area contributed by atoms with Crippen LogP contribution < -0.4 is 16.8 Å². The van der Waals surface area contributed by atoms with Crippen molar-refractivity contribution in [1.82, 2.24) is 24.9 Å². The Morgan fingerprint density at radius 2 is 1.79 bits per heavy atom. The van der Waals surface area contributed by atoms with Crippen LogP contribution >= 0.6 is 0 Å². The van der Waals surface area contributed by atoms with Crippen molar-refractivity contribution in [3.8, 4) is 5.69 Å². The second-order valence-corrected chi connectivity index (χ2v) is 11.2. The lowest BCUT2D eigenvalue weighted by molar-refractivity contribution is -0.106. The molecule has 1 saturated heterocycles. The van der Waals surface area contributed by atoms with Crippen molar-refractivity contribution in [2.75, 3.05) is 20.1 Å². The predicted octanol–water partition coefficient (Wildman–Crippen LogP) is 6.83. The monoisotopic (exact) mass is 655 g/mol. The average Bonchev–Trinajstić information content (AvgIpc) is 3.54. The molecule has 0 saturated carbocycles. The molecule has 0 spiro atoms. The molecule has 2 aliphatic heterocycles.